The number of fused-ring (bicyclic) bond motifs is 3. The van der Waals surface area contributed by atoms with Crippen molar-refractivity contribution in [3.8, 4) is 11.1 Å². The fourth-order valence-electron chi connectivity index (χ4n) is 3.27. The van der Waals surface area contributed by atoms with Gasteiger partial charge in [-0.3, -0.25) is 9.59 Å². The fourth-order valence-corrected chi connectivity index (χ4v) is 3.27. The maximum absolute atomic E-state index is 13.0. The molecule has 0 bridgehead atoms. The van der Waals surface area contributed by atoms with Gasteiger partial charge in [-0.15, -0.1) is 12.4 Å². The number of ketones is 1. The lowest BCUT2D eigenvalue weighted by atomic mass is 9.86. The number of nitrogens with zero attached hydrogens (tertiary/aromatic N) is 1. The Balaban J connectivity index is 0.00000243. The van der Waals surface area contributed by atoms with Crippen LogP contribution in [0.3, 0.4) is 0 Å². The summed E-state index contributed by atoms with van der Waals surface area (Å²) in [6, 6.07) is 12.3. The number of carbonyl (C=O) groups is 2. The fraction of sp³-hybridized carbons (Fsp3) is 0.300. The predicted molar refractivity (Wildman–Crippen MR) is 106 cm³/mol. The summed E-state index contributed by atoms with van der Waals surface area (Å²) >= 11 is 0. The third-order valence-electron chi connectivity index (χ3n) is 4.89. The SMILES string of the molecule is CC1C(=O)N(N)c2cccc(C(=O)[C@@H](N)C(C)C)c2-c2ccccc21.Cl. The second kappa shape index (κ2) is 7.58. The van der Waals surface area contributed by atoms with E-state index >= 15 is 0 Å². The van der Waals surface area contributed by atoms with E-state index in [9.17, 15) is 9.59 Å². The average Bonchev–Trinajstić information content (AvgIpc) is 2.71. The van der Waals surface area contributed by atoms with Crippen LogP contribution in [0.25, 0.3) is 11.1 Å². The van der Waals surface area contributed by atoms with E-state index in [-0.39, 0.29) is 30.0 Å². The molecule has 0 spiro atoms. The van der Waals surface area contributed by atoms with Crippen LogP contribution in [0, 0.1) is 5.92 Å². The lowest BCUT2D eigenvalue weighted by molar-refractivity contribution is -0.119. The number of halogens is 1. The minimum Gasteiger partial charge on any atom is -0.321 e. The summed E-state index contributed by atoms with van der Waals surface area (Å²) < 4.78 is 0. The van der Waals surface area contributed by atoms with Gasteiger partial charge in [-0.1, -0.05) is 50.2 Å². The van der Waals surface area contributed by atoms with E-state index in [1.165, 1.54) is 0 Å². The van der Waals surface area contributed by atoms with Crippen LogP contribution < -0.4 is 16.6 Å². The van der Waals surface area contributed by atoms with Crippen LogP contribution in [-0.2, 0) is 4.79 Å². The molecule has 1 aliphatic heterocycles. The van der Waals surface area contributed by atoms with Crippen LogP contribution >= 0.6 is 12.4 Å². The smallest absolute Gasteiger partial charge is 0.248 e. The molecule has 0 saturated heterocycles. The van der Waals surface area contributed by atoms with Gasteiger partial charge in [0, 0.05) is 11.1 Å². The molecule has 0 aliphatic carbocycles. The zero-order valence-corrected chi connectivity index (χ0v) is 15.9. The van der Waals surface area contributed by atoms with E-state index in [0.717, 1.165) is 16.1 Å². The maximum Gasteiger partial charge on any atom is 0.248 e. The summed E-state index contributed by atoms with van der Waals surface area (Å²) in [6.07, 6.45) is 0. The number of benzene rings is 2. The van der Waals surface area contributed by atoms with Gasteiger partial charge in [0.15, 0.2) is 5.78 Å². The third-order valence-corrected chi connectivity index (χ3v) is 4.89. The Kier molecular flexibility index (Phi) is 5.86. The quantitative estimate of drug-likeness (QED) is 0.491. The van der Waals surface area contributed by atoms with Crippen LogP contribution in [0.15, 0.2) is 42.5 Å². The summed E-state index contributed by atoms with van der Waals surface area (Å²) in [7, 11) is 0. The number of hydrogen-bond acceptors (Lipinski definition) is 4. The molecule has 0 fully saturated rings. The zero-order valence-electron chi connectivity index (χ0n) is 15.1. The highest BCUT2D eigenvalue weighted by atomic mass is 35.5. The van der Waals surface area contributed by atoms with Gasteiger partial charge in [0.2, 0.25) is 5.91 Å². The van der Waals surface area contributed by atoms with Crippen LogP contribution in [-0.4, -0.2) is 17.7 Å². The summed E-state index contributed by atoms with van der Waals surface area (Å²) in [5.74, 6) is 5.38. The van der Waals surface area contributed by atoms with Crippen molar-refractivity contribution in [2.75, 3.05) is 5.01 Å². The summed E-state index contributed by atoms with van der Waals surface area (Å²) in [5, 5.41) is 1.15. The van der Waals surface area contributed by atoms with Crippen molar-refractivity contribution in [1.82, 2.24) is 0 Å². The number of hydrazine groups is 1. The van der Waals surface area contributed by atoms with Crippen molar-refractivity contribution >= 4 is 29.8 Å². The molecule has 1 heterocycles. The van der Waals surface area contributed by atoms with Gasteiger partial charge in [0.1, 0.15) is 0 Å². The number of carbonyl (C=O) groups excluding carboxylic acids is 2. The molecule has 138 valence electrons. The highest BCUT2D eigenvalue weighted by molar-refractivity contribution is 6.12. The molecule has 4 N–H and O–H groups in total. The Morgan fingerprint density at radius 1 is 1.12 bits per heavy atom. The molecular weight excluding hydrogens is 350 g/mol. The molecular formula is C20H24ClN3O2. The minimum atomic E-state index is -0.610. The first-order chi connectivity index (χ1) is 11.8. The molecule has 1 amide bonds. The Morgan fingerprint density at radius 3 is 2.42 bits per heavy atom. The van der Waals surface area contributed by atoms with E-state index in [1.807, 2.05) is 45.0 Å². The largest absolute Gasteiger partial charge is 0.321 e. The van der Waals surface area contributed by atoms with E-state index in [0.29, 0.717) is 16.8 Å². The second-order valence-corrected chi connectivity index (χ2v) is 6.85. The molecule has 6 heteroatoms. The standard InChI is InChI=1S/C20H23N3O2.ClH/c1-11(2)18(21)19(24)15-9-6-10-16-17(15)14-8-5-4-7-13(14)12(3)20(25)23(16)22;/h4-12,18H,21-22H2,1-3H3;1H/t12?,18-;/m0./s1. The molecule has 1 unspecified atom stereocenters. The molecule has 0 aromatic heterocycles. The highest BCUT2D eigenvalue weighted by Gasteiger charge is 2.33. The molecule has 0 saturated carbocycles. The predicted octanol–water partition coefficient (Wildman–Crippen LogP) is 3.27. The topological polar surface area (TPSA) is 89.4 Å². The molecule has 5 nitrogen and oxygen atoms in total. The lowest BCUT2D eigenvalue weighted by Gasteiger charge is -2.22. The highest BCUT2D eigenvalue weighted by Crippen LogP contribution is 2.42. The van der Waals surface area contributed by atoms with E-state index in [2.05, 4.69) is 0 Å². The maximum atomic E-state index is 13.0. The number of amides is 1. The first-order valence-corrected chi connectivity index (χ1v) is 8.45. The van der Waals surface area contributed by atoms with E-state index in [4.69, 9.17) is 11.6 Å². The van der Waals surface area contributed by atoms with Crippen LogP contribution in [0.1, 0.15) is 42.6 Å². The minimum absolute atomic E-state index is 0. The number of nitrogens with two attached hydrogens (primary N) is 2. The summed E-state index contributed by atoms with van der Waals surface area (Å²) in [5.41, 5.74) is 9.54. The molecule has 1 aliphatic rings. The van der Waals surface area contributed by atoms with Gasteiger partial charge >= 0.3 is 0 Å². The number of anilines is 1. The monoisotopic (exact) mass is 373 g/mol. The van der Waals surface area contributed by atoms with Gasteiger partial charge in [-0.2, -0.15) is 0 Å². The first-order valence-electron chi connectivity index (χ1n) is 8.45. The van der Waals surface area contributed by atoms with Crippen LogP contribution in [0.4, 0.5) is 5.69 Å². The zero-order chi connectivity index (χ0) is 18.3. The van der Waals surface area contributed by atoms with Crippen molar-refractivity contribution in [3.63, 3.8) is 0 Å². The molecule has 26 heavy (non-hydrogen) atoms. The Morgan fingerprint density at radius 2 is 1.77 bits per heavy atom. The van der Waals surface area contributed by atoms with Gasteiger partial charge in [-0.25, -0.2) is 10.9 Å². The van der Waals surface area contributed by atoms with Crippen molar-refractivity contribution in [2.24, 2.45) is 17.5 Å². The molecule has 2 aromatic rings. The molecule has 2 aromatic carbocycles. The van der Waals surface area contributed by atoms with Gasteiger partial charge in [-0.05, 0) is 30.0 Å². The normalized spacial score (nSPS) is 17.1. The molecule has 3 rings (SSSR count). The second-order valence-electron chi connectivity index (χ2n) is 6.85. The summed E-state index contributed by atoms with van der Waals surface area (Å²) in [6.45, 7) is 5.66. The molecule has 2 atom stereocenters. The summed E-state index contributed by atoms with van der Waals surface area (Å²) in [4.78, 5) is 25.7. The van der Waals surface area contributed by atoms with Gasteiger partial charge < -0.3 is 5.73 Å². The average molecular weight is 374 g/mol. The number of hydrogen-bond donors (Lipinski definition) is 2. The Labute approximate surface area is 159 Å². The van der Waals surface area contributed by atoms with E-state index < -0.39 is 12.0 Å². The van der Waals surface area contributed by atoms with Gasteiger partial charge in [0.05, 0.1) is 17.6 Å². The van der Waals surface area contributed by atoms with Crippen molar-refractivity contribution in [1.29, 1.82) is 0 Å². The van der Waals surface area contributed by atoms with Crippen molar-refractivity contribution in [2.45, 2.75) is 32.7 Å². The Hall–Kier alpha value is -2.21. The first kappa shape index (κ1) is 20.1. The number of rotatable bonds is 3. The molecule has 0 radical (unpaired) electrons. The van der Waals surface area contributed by atoms with Crippen LogP contribution in [0.5, 0.6) is 0 Å². The third kappa shape index (κ3) is 3.14. The van der Waals surface area contributed by atoms with E-state index in [1.54, 1.807) is 18.2 Å². The lowest BCUT2D eigenvalue weighted by Crippen LogP contribution is -2.40. The Bertz CT molecular complexity index is 851. The van der Waals surface area contributed by atoms with Crippen molar-refractivity contribution < 1.29 is 9.59 Å². The number of Topliss-reactive ketones (excluding diaryl/α,β-unsaturated/α-hetero) is 1. The van der Waals surface area contributed by atoms with Crippen molar-refractivity contribution in [3.05, 3.63) is 53.6 Å². The van der Waals surface area contributed by atoms with Crippen LogP contribution in [0.2, 0.25) is 0 Å². The van der Waals surface area contributed by atoms with Gasteiger partial charge in [0.25, 0.3) is 0 Å².